The fourth-order valence-electron chi connectivity index (χ4n) is 9.52. The number of imidazole rings is 2. The highest BCUT2D eigenvalue weighted by molar-refractivity contribution is 5.97. The standard InChI is InChI=1S/C57H72N14O8/c1-34(2)50(70-51(73)35(3)58)56(78)65-36(4)52(74)69-47(27-41-30-60-33-64-41)57(79)71-23-13-20-48(71)55(77)68-45(24-38-16-9-6-10-17-38)53(75)62-31-42(25-39-28-61-44-19-12-11-18-43(39)44)66-54(76)46(26-40-29-59-32-63-40)67-49(72)22-21-37-14-7-5-8-15-37/h5-12,14-19,28-30,32-36,42,45-48,50,61H,13,20-27,31,58H2,1-4H3,(H,59,63)(H,60,64)(H,62,75)(H,65,78)(H,66,76)(H,67,72)(H,68,77)(H,69,74)(H,70,73)/t35-,36+,42-,45-,46-,47-,48+,50-/m0/s1. The molecule has 22 heteroatoms. The molecule has 0 aliphatic carbocycles. The van der Waals surface area contributed by atoms with Crippen molar-refractivity contribution in [3.05, 3.63) is 144 Å². The minimum absolute atomic E-state index is 0.0328. The summed E-state index contributed by atoms with van der Waals surface area (Å²) in [5.41, 5.74) is 10.3. The minimum Gasteiger partial charge on any atom is -0.361 e. The first kappa shape index (κ1) is 58.0. The molecule has 6 aromatic rings. The van der Waals surface area contributed by atoms with Gasteiger partial charge in [-0.2, -0.15) is 0 Å². The third-order valence-corrected chi connectivity index (χ3v) is 13.9. The Morgan fingerprint density at radius 2 is 1.27 bits per heavy atom. The van der Waals surface area contributed by atoms with Gasteiger partial charge in [-0.1, -0.05) is 92.7 Å². The number of aromatic amines is 3. The van der Waals surface area contributed by atoms with Gasteiger partial charge in [-0.05, 0) is 68.2 Å². The van der Waals surface area contributed by atoms with Crippen molar-refractivity contribution < 1.29 is 38.4 Å². The normalized spacial score (nSPS) is 15.9. The molecule has 22 nitrogen and oxygen atoms in total. The lowest BCUT2D eigenvalue weighted by molar-refractivity contribution is -0.142. The van der Waals surface area contributed by atoms with Crippen molar-refractivity contribution in [3.8, 4) is 0 Å². The number of para-hydroxylation sites is 1. The number of nitrogens with zero attached hydrogens (tertiary/aromatic N) is 3. The first-order chi connectivity index (χ1) is 38.0. The lowest BCUT2D eigenvalue weighted by atomic mass is 10.0. The van der Waals surface area contributed by atoms with Gasteiger partial charge >= 0.3 is 0 Å². The second-order valence-electron chi connectivity index (χ2n) is 20.4. The third kappa shape index (κ3) is 16.7. The highest BCUT2D eigenvalue weighted by atomic mass is 16.2. The number of hydrogen-bond acceptors (Lipinski definition) is 11. The van der Waals surface area contributed by atoms with Crippen molar-refractivity contribution in [2.45, 2.75) is 127 Å². The number of fused-ring (bicyclic) bond motifs is 1. The molecule has 8 atom stereocenters. The number of rotatable bonds is 27. The summed E-state index contributed by atoms with van der Waals surface area (Å²) < 4.78 is 0. The molecule has 0 spiro atoms. The first-order valence-electron chi connectivity index (χ1n) is 26.7. The van der Waals surface area contributed by atoms with Crippen molar-refractivity contribution in [1.82, 2.24) is 67.0 Å². The zero-order valence-corrected chi connectivity index (χ0v) is 44.9. The molecule has 1 fully saturated rings. The Labute approximate surface area is 458 Å². The molecule has 3 aromatic heterocycles. The van der Waals surface area contributed by atoms with Gasteiger partial charge in [-0.15, -0.1) is 0 Å². The summed E-state index contributed by atoms with van der Waals surface area (Å²) in [6, 6.07) is 18.3. The van der Waals surface area contributed by atoms with Gasteiger partial charge in [0.15, 0.2) is 0 Å². The second-order valence-corrected chi connectivity index (χ2v) is 20.4. The lowest BCUT2D eigenvalue weighted by Gasteiger charge is -2.30. The Morgan fingerprint density at radius 1 is 0.633 bits per heavy atom. The van der Waals surface area contributed by atoms with Gasteiger partial charge in [-0.25, -0.2) is 9.97 Å². The van der Waals surface area contributed by atoms with Gasteiger partial charge in [0.2, 0.25) is 47.3 Å². The third-order valence-electron chi connectivity index (χ3n) is 13.9. The molecular weight excluding hydrogens is 1010 g/mol. The Hall–Kier alpha value is -8.66. The quantitative estimate of drug-likeness (QED) is 0.0352. The van der Waals surface area contributed by atoms with E-state index in [0.29, 0.717) is 24.2 Å². The average molecular weight is 1080 g/mol. The lowest BCUT2D eigenvalue weighted by Crippen LogP contribution is -2.60. The summed E-state index contributed by atoms with van der Waals surface area (Å²) >= 11 is 0. The zero-order valence-electron chi connectivity index (χ0n) is 44.9. The van der Waals surface area contributed by atoms with Crippen LogP contribution in [0.15, 0.2) is 116 Å². The maximum absolute atomic E-state index is 14.6. The second kappa shape index (κ2) is 28.1. The number of likely N-dealkylation sites (tertiary alicyclic amines) is 1. The summed E-state index contributed by atoms with van der Waals surface area (Å²) in [4.78, 5) is 130. The number of nitrogens with two attached hydrogens (primary N) is 1. The van der Waals surface area contributed by atoms with Gasteiger partial charge in [0, 0.05) is 79.7 Å². The van der Waals surface area contributed by atoms with Gasteiger partial charge in [0.25, 0.3) is 0 Å². The number of amides is 8. The van der Waals surface area contributed by atoms with Crippen LogP contribution in [0.2, 0.25) is 0 Å². The largest absolute Gasteiger partial charge is 0.361 e. The van der Waals surface area contributed by atoms with E-state index < -0.39 is 89.7 Å². The van der Waals surface area contributed by atoms with Crippen LogP contribution in [0.5, 0.6) is 0 Å². The van der Waals surface area contributed by atoms with Crippen LogP contribution in [0.3, 0.4) is 0 Å². The number of H-pyrrole nitrogens is 3. The van der Waals surface area contributed by atoms with Crippen LogP contribution < -0.4 is 43.0 Å². The van der Waals surface area contributed by atoms with Crippen molar-refractivity contribution in [2.24, 2.45) is 11.7 Å². The molecule has 0 saturated carbocycles. The fraction of sp³-hybridized carbons (Fsp3) is 0.404. The Morgan fingerprint density at radius 3 is 1.91 bits per heavy atom. The average Bonchev–Trinajstić information content (AvgIpc) is 4.35. The highest BCUT2D eigenvalue weighted by Crippen LogP contribution is 2.22. The highest BCUT2D eigenvalue weighted by Gasteiger charge is 2.40. The molecule has 7 rings (SSSR count). The van der Waals surface area contributed by atoms with E-state index in [0.717, 1.165) is 27.6 Å². The Kier molecular flexibility index (Phi) is 20.6. The van der Waals surface area contributed by atoms with Crippen molar-refractivity contribution in [1.29, 1.82) is 0 Å². The minimum atomic E-state index is -1.21. The first-order valence-corrected chi connectivity index (χ1v) is 26.7. The van der Waals surface area contributed by atoms with Crippen molar-refractivity contribution in [2.75, 3.05) is 13.1 Å². The smallest absolute Gasteiger partial charge is 0.246 e. The molecule has 1 aliphatic heterocycles. The van der Waals surface area contributed by atoms with E-state index in [2.05, 4.69) is 62.1 Å². The van der Waals surface area contributed by atoms with E-state index in [1.807, 2.05) is 91.1 Å². The topological polar surface area (TPSA) is 323 Å². The van der Waals surface area contributed by atoms with Crippen LogP contribution in [-0.4, -0.2) is 139 Å². The molecule has 0 radical (unpaired) electrons. The van der Waals surface area contributed by atoms with E-state index >= 15 is 0 Å². The zero-order chi connectivity index (χ0) is 56.4. The van der Waals surface area contributed by atoms with Crippen molar-refractivity contribution >= 4 is 58.2 Å². The van der Waals surface area contributed by atoms with Crippen LogP contribution in [0.1, 0.15) is 75.0 Å². The van der Waals surface area contributed by atoms with Crippen LogP contribution in [-0.2, 0) is 70.5 Å². The predicted octanol–water partition coefficient (Wildman–Crippen LogP) is 1.56. The van der Waals surface area contributed by atoms with Gasteiger partial charge < -0.3 is 62.8 Å². The molecule has 79 heavy (non-hydrogen) atoms. The number of carbonyl (C=O) groups is 8. The SMILES string of the molecule is CC(C)[C@H](NC(=O)[C@H](C)N)C(=O)N[C@H](C)C(=O)N[C@@H](Cc1cnc[nH]1)C(=O)N1CCC[C@@H]1C(=O)N[C@@H](Cc1ccccc1)C(=O)NC[C@H](Cc1c[nH]c2ccccc12)NC(=O)[C@H](Cc1cnc[nH]1)NC(=O)CCc1ccccc1. The molecule has 4 heterocycles. The van der Waals surface area contributed by atoms with Gasteiger partial charge in [0.1, 0.15) is 36.3 Å². The Balaban J connectivity index is 1.07. The van der Waals surface area contributed by atoms with E-state index in [9.17, 15) is 38.4 Å². The molecule has 418 valence electrons. The molecule has 3 aromatic carbocycles. The van der Waals surface area contributed by atoms with Crippen LogP contribution in [0, 0.1) is 5.92 Å². The van der Waals surface area contributed by atoms with E-state index in [1.165, 1.54) is 37.6 Å². The summed E-state index contributed by atoms with van der Waals surface area (Å²) in [5, 5.41) is 20.9. The van der Waals surface area contributed by atoms with E-state index in [4.69, 9.17) is 5.73 Å². The number of carbonyl (C=O) groups excluding carboxylic acids is 8. The Bertz CT molecular complexity index is 2980. The molecule has 1 aliphatic rings. The van der Waals surface area contributed by atoms with Gasteiger partial charge in [-0.3, -0.25) is 38.4 Å². The maximum Gasteiger partial charge on any atom is 0.246 e. The summed E-state index contributed by atoms with van der Waals surface area (Å²) in [5.74, 6) is -4.70. The number of benzene rings is 3. The summed E-state index contributed by atoms with van der Waals surface area (Å²) in [6.07, 6.45) is 9.64. The molecule has 8 amide bonds. The predicted molar refractivity (Wildman–Crippen MR) is 295 cm³/mol. The number of nitrogens with one attached hydrogen (secondary N) is 10. The van der Waals surface area contributed by atoms with Crippen LogP contribution >= 0.6 is 0 Å². The van der Waals surface area contributed by atoms with Gasteiger partial charge in [0.05, 0.1) is 24.7 Å². The molecule has 12 N–H and O–H groups in total. The summed E-state index contributed by atoms with van der Waals surface area (Å²) in [7, 11) is 0. The van der Waals surface area contributed by atoms with E-state index in [1.54, 1.807) is 20.0 Å². The number of hydrogen-bond donors (Lipinski definition) is 11. The maximum atomic E-state index is 14.6. The fourth-order valence-corrected chi connectivity index (χ4v) is 9.52. The van der Waals surface area contributed by atoms with Crippen LogP contribution in [0.25, 0.3) is 10.9 Å². The molecular formula is C57H72N14O8. The summed E-state index contributed by atoms with van der Waals surface area (Å²) in [6.45, 7) is 6.51. The molecule has 0 bridgehead atoms. The van der Waals surface area contributed by atoms with Crippen LogP contribution in [0.4, 0.5) is 0 Å². The number of aromatic nitrogens is 5. The number of aryl methyl sites for hydroxylation is 1. The molecule has 1 saturated heterocycles. The monoisotopic (exact) mass is 1080 g/mol. The van der Waals surface area contributed by atoms with Crippen molar-refractivity contribution in [3.63, 3.8) is 0 Å². The van der Waals surface area contributed by atoms with E-state index in [-0.39, 0.29) is 63.4 Å². The molecule has 0 unspecified atom stereocenters.